The smallest absolute Gasteiger partial charge is 0.158 e. The molecule has 2 aliphatic rings. The monoisotopic (exact) mass is 293 g/mol. The summed E-state index contributed by atoms with van der Waals surface area (Å²) in [4.78, 5) is 0. The van der Waals surface area contributed by atoms with Gasteiger partial charge in [0, 0.05) is 19.2 Å². The Balaban J connectivity index is 1.88. The van der Waals surface area contributed by atoms with E-state index < -0.39 is 0 Å². The van der Waals surface area contributed by atoms with Crippen LogP contribution in [0.25, 0.3) is 0 Å². The molecule has 4 heteroatoms. The van der Waals surface area contributed by atoms with Crippen LogP contribution in [-0.2, 0) is 14.2 Å². The number of rotatable bonds is 4. The van der Waals surface area contributed by atoms with Gasteiger partial charge in [-0.15, -0.1) is 0 Å². The van der Waals surface area contributed by atoms with Gasteiger partial charge in [0.2, 0.25) is 0 Å². The first-order valence-electron chi connectivity index (χ1n) is 7.67. The molecule has 2 rings (SSSR count). The first-order valence-corrected chi connectivity index (χ1v) is 7.67. The molecule has 21 heavy (non-hydrogen) atoms. The van der Waals surface area contributed by atoms with Crippen LogP contribution in [0.1, 0.15) is 39.5 Å². The lowest BCUT2D eigenvalue weighted by Gasteiger charge is -2.34. The summed E-state index contributed by atoms with van der Waals surface area (Å²) in [7, 11) is 1.73. The number of hydrogen-bond donors (Lipinski definition) is 1. The normalized spacial score (nSPS) is 36.4. The predicted molar refractivity (Wildman–Crippen MR) is 83.6 cm³/mol. The molecule has 1 aliphatic carbocycles. The molecule has 1 heterocycles. The highest BCUT2D eigenvalue weighted by molar-refractivity contribution is 5.39. The first kappa shape index (κ1) is 16.3. The highest BCUT2D eigenvalue weighted by Crippen LogP contribution is 2.34. The summed E-state index contributed by atoms with van der Waals surface area (Å²) in [6.07, 6.45) is 7.71. The van der Waals surface area contributed by atoms with Gasteiger partial charge in [0.25, 0.3) is 0 Å². The summed E-state index contributed by atoms with van der Waals surface area (Å²) >= 11 is 0. The van der Waals surface area contributed by atoms with Crippen LogP contribution in [0.5, 0.6) is 0 Å². The van der Waals surface area contributed by atoms with E-state index in [0.717, 1.165) is 37.0 Å². The fourth-order valence-corrected chi connectivity index (χ4v) is 2.96. The van der Waals surface area contributed by atoms with Gasteiger partial charge >= 0.3 is 0 Å². The standard InChI is InChI=1S/C17H27NO3/c1-5-14(18)9-13-10-15(8-11(13)2)21-17-7-6-16(19-4)12(3)20-17/h5,9,12,15-17H,2,6-8,10,18H2,1,3-4H3/b13-9-,14-5+/t12-,15?,16?,17?/m0/s1. The Labute approximate surface area is 127 Å². The van der Waals surface area contributed by atoms with Crippen molar-refractivity contribution in [3.63, 3.8) is 0 Å². The Hall–Kier alpha value is -1.10. The minimum absolute atomic E-state index is 0.0760. The Morgan fingerprint density at radius 1 is 1.38 bits per heavy atom. The number of allylic oxidation sites excluding steroid dienone is 2. The lowest BCUT2D eigenvalue weighted by Crippen LogP contribution is -2.40. The fourth-order valence-electron chi connectivity index (χ4n) is 2.96. The number of hydrogen-bond acceptors (Lipinski definition) is 4. The van der Waals surface area contributed by atoms with E-state index in [4.69, 9.17) is 19.9 Å². The van der Waals surface area contributed by atoms with E-state index in [0.29, 0.717) is 0 Å². The maximum absolute atomic E-state index is 6.09. The molecule has 4 atom stereocenters. The summed E-state index contributed by atoms with van der Waals surface area (Å²) in [5, 5.41) is 0. The van der Waals surface area contributed by atoms with Crippen LogP contribution >= 0.6 is 0 Å². The SMILES string of the molecule is C=C1CC(OC2CCC(OC)[C@H](C)O2)C/C1=C/C(N)=C\C. The fraction of sp³-hybridized carbons (Fsp3) is 0.647. The third kappa shape index (κ3) is 4.19. The molecule has 0 amide bonds. The molecular weight excluding hydrogens is 266 g/mol. The van der Waals surface area contributed by atoms with Crippen LogP contribution in [-0.4, -0.2) is 31.7 Å². The molecule has 3 unspecified atom stereocenters. The van der Waals surface area contributed by atoms with Crippen molar-refractivity contribution >= 4 is 0 Å². The van der Waals surface area contributed by atoms with E-state index in [2.05, 4.69) is 6.58 Å². The summed E-state index contributed by atoms with van der Waals surface area (Å²) in [6.45, 7) is 8.08. The zero-order valence-electron chi connectivity index (χ0n) is 13.3. The maximum Gasteiger partial charge on any atom is 0.158 e. The molecule has 2 N–H and O–H groups in total. The van der Waals surface area contributed by atoms with Gasteiger partial charge in [0.05, 0.1) is 18.3 Å². The van der Waals surface area contributed by atoms with Crippen molar-refractivity contribution in [1.82, 2.24) is 0 Å². The lowest BCUT2D eigenvalue weighted by atomic mass is 10.1. The molecule has 1 aliphatic heterocycles. The molecule has 0 bridgehead atoms. The summed E-state index contributed by atoms with van der Waals surface area (Å²) in [5.74, 6) is 0. The highest BCUT2D eigenvalue weighted by atomic mass is 16.7. The summed E-state index contributed by atoms with van der Waals surface area (Å²) in [5.41, 5.74) is 8.94. The zero-order chi connectivity index (χ0) is 15.4. The number of ether oxygens (including phenoxy) is 3. The second-order valence-corrected chi connectivity index (χ2v) is 5.85. The largest absolute Gasteiger partial charge is 0.399 e. The number of nitrogens with two attached hydrogens (primary N) is 1. The second-order valence-electron chi connectivity index (χ2n) is 5.85. The Bertz CT molecular complexity index is 441. The average molecular weight is 293 g/mol. The van der Waals surface area contributed by atoms with Crippen molar-refractivity contribution in [2.75, 3.05) is 7.11 Å². The molecule has 118 valence electrons. The average Bonchev–Trinajstić information content (AvgIpc) is 2.78. The van der Waals surface area contributed by atoms with E-state index in [1.54, 1.807) is 7.11 Å². The zero-order valence-corrected chi connectivity index (χ0v) is 13.3. The van der Waals surface area contributed by atoms with Crippen LogP contribution in [0.2, 0.25) is 0 Å². The van der Waals surface area contributed by atoms with Gasteiger partial charge < -0.3 is 19.9 Å². The topological polar surface area (TPSA) is 53.7 Å². The maximum atomic E-state index is 6.09. The van der Waals surface area contributed by atoms with Crippen molar-refractivity contribution in [3.8, 4) is 0 Å². The van der Waals surface area contributed by atoms with Gasteiger partial charge in [-0.05, 0) is 50.3 Å². The summed E-state index contributed by atoms with van der Waals surface area (Å²) < 4.78 is 17.4. The van der Waals surface area contributed by atoms with E-state index >= 15 is 0 Å². The van der Waals surface area contributed by atoms with E-state index in [-0.39, 0.29) is 24.6 Å². The van der Waals surface area contributed by atoms with Crippen LogP contribution in [0.15, 0.2) is 35.6 Å². The molecule has 4 nitrogen and oxygen atoms in total. The second kappa shape index (κ2) is 7.25. The van der Waals surface area contributed by atoms with Crippen molar-refractivity contribution in [3.05, 3.63) is 35.6 Å². The molecule has 0 aromatic carbocycles. The first-order chi connectivity index (χ1) is 10.0. The molecule has 1 saturated heterocycles. The minimum Gasteiger partial charge on any atom is -0.399 e. The molecule has 0 aromatic heterocycles. The van der Waals surface area contributed by atoms with Crippen LogP contribution in [0.4, 0.5) is 0 Å². The predicted octanol–water partition coefficient (Wildman–Crippen LogP) is 3.05. The molecular formula is C17H27NO3. The highest BCUT2D eigenvalue weighted by Gasteiger charge is 2.32. The van der Waals surface area contributed by atoms with Crippen LogP contribution in [0.3, 0.4) is 0 Å². The van der Waals surface area contributed by atoms with E-state index in [1.807, 2.05) is 26.0 Å². The Morgan fingerprint density at radius 3 is 2.76 bits per heavy atom. The van der Waals surface area contributed by atoms with E-state index in [1.165, 1.54) is 5.57 Å². The minimum atomic E-state index is -0.136. The lowest BCUT2D eigenvalue weighted by molar-refractivity contribution is -0.236. The van der Waals surface area contributed by atoms with Crippen LogP contribution in [0, 0.1) is 0 Å². The molecule has 1 saturated carbocycles. The van der Waals surface area contributed by atoms with Gasteiger partial charge in [-0.25, -0.2) is 0 Å². The van der Waals surface area contributed by atoms with Gasteiger partial charge in [-0.1, -0.05) is 12.7 Å². The Kier molecular flexibility index (Phi) is 5.62. The van der Waals surface area contributed by atoms with Crippen molar-refractivity contribution < 1.29 is 14.2 Å². The number of methoxy groups -OCH3 is 1. The van der Waals surface area contributed by atoms with Crippen LogP contribution < -0.4 is 5.73 Å². The molecule has 2 fully saturated rings. The van der Waals surface area contributed by atoms with Crippen molar-refractivity contribution in [2.45, 2.75) is 64.1 Å². The quantitative estimate of drug-likeness (QED) is 0.865. The van der Waals surface area contributed by atoms with Gasteiger partial charge in [-0.2, -0.15) is 0 Å². The molecule has 0 aromatic rings. The third-order valence-corrected chi connectivity index (χ3v) is 4.27. The van der Waals surface area contributed by atoms with Crippen molar-refractivity contribution in [1.29, 1.82) is 0 Å². The van der Waals surface area contributed by atoms with E-state index in [9.17, 15) is 0 Å². The van der Waals surface area contributed by atoms with Crippen molar-refractivity contribution in [2.24, 2.45) is 5.73 Å². The Morgan fingerprint density at radius 2 is 2.14 bits per heavy atom. The molecule has 0 radical (unpaired) electrons. The van der Waals surface area contributed by atoms with Gasteiger partial charge in [0.15, 0.2) is 6.29 Å². The van der Waals surface area contributed by atoms with Gasteiger partial charge in [-0.3, -0.25) is 0 Å². The summed E-state index contributed by atoms with van der Waals surface area (Å²) in [6, 6.07) is 0. The molecule has 0 spiro atoms. The third-order valence-electron chi connectivity index (χ3n) is 4.27. The van der Waals surface area contributed by atoms with Gasteiger partial charge in [0.1, 0.15) is 0 Å².